The molecule has 0 fully saturated rings. The van der Waals surface area contributed by atoms with E-state index in [4.69, 9.17) is 4.74 Å². The first-order valence-electron chi connectivity index (χ1n) is 10.2. The van der Waals surface area contributed by atoms with E-state index >= 15 is 4.39 Å². The lowest BCUT2D eigenvalue weighted by atomic mass is 9.69. The van der Waals surface area contributed by atoms with Crippen molar-refractivity contribution < 1.29 is 13.9 Å². The van der Waals surface area contributed by atoms with Crippen LogP contribution in [0, 0.1) is 5.41 Å². The predicted octanol–water partition coefficient (Wildman–Crippen LogP) is 7.21. The molecule has 28 heavy (non-hydrogen) atoms. The van der Waals surface area contributed by atoms with Gasteiger partial charge in [0.25, 0.3) is 0 Å². The van der Waals surface area contributed by atoms with Crippen LogP contribution in [0.2, 0.25) is 0 Å². The summed E-state index contributed by atoms with van der Waals surface area (Å²) in [5, 5.41) is 0. The van der Waals surface area contributed by atoms with E-state index in [1.807, 2.05) is 6.92 Å². The van der Waals surface area contributed by atoms with Gasteiger partial charge in [0.05, 0.1) is 12.2 Å². The molecule has 0 saturated heterocycles. The van der Waals surface area contributed by atoms with Gasteiger partial charge < -0.3 is 4.74 Å². The molecule has 0 N–H and O–H groups in total. The minimum Gasteiger partial charge on any atom is -0.462 e. The Balaban J connectivity index is 2.48. The SMILES string of the molecule is C=C(C(C)=C(F)c1ccc(C(=O)OCC)cc1CC)C1=C(C)CCCC1(C)C. The molecule has 0 bridgehead atoms. The van der Waals surface area contributed by atoms with Gasteiger partial charge in [-0.05, 0) is 86.3 Å². The van der Waals surface area contributed by atoms with Gasteiger partial charge in [-0.15, -0.1) is 0 Å². The largest absolute Gasteiger partial charge is 0.462 e. The normalized spacial score (nSPS) is 17.2. The molecule has 0 saturated carbocycles. The minimum absolute atomic E-state index is 0.00229. The molecule has 1 aliphatic rings. The Labute approximate surface area is 169 Å². The Morgan fingerprint density at radius 3 is 2.54 bits per heavy atom. The van der Waals surface area contributed by atoms with Crippen molar-refractivity contribution in [3.63, 3.8) is 0 Å². The van der Waals surface area contributed by atoms with E-state index in [2.05, 4.69) is 27.4 Å². The average Bonchev–Trinajstić information content (AvgIpc) is 2.65. The molecule has 0 amide bonds. The van der Waals surface area contributed by atoms with Crippen LogP contribution in [0.4, 0.5) is 4.39 Å². The lowest BCUT2D eigenvalue weighted by Crippen LogP contribution is -2.22. The maximum absolute atomic E-state index is 15.5. The molecule has 0 atom stereocenters. The topological polar surface area (TPSA) is 26.3 Å². The van der Waals surface area contributed by atoms with Gasteiger partial charge >= 0.3 is 5.97 Å². The Hall–Kier alpha value is -2.16. The van der Waals surface area contributed by atoms with Crippen molar-refractivity contribution in [1.29, 1.82) is 0 Å². The minimum atomic E-state index is -0.376. The quantitative estimate of drug-likeness (QED) is 0.382. The highest BCUT2D eigenvalue weighted by molar-refractivity contribution is 5.90. The van der Waals surface area contributed by atoms with E-state index in [0.29, 0.717) is 29.7 Å². The summed E-state index contributed by atoms with van der Waals surface area (Å²) in [4.78, 5) is 12.0. The summed E-state index contributed by atoms with van der Waals surface area (Å²) in [5.41, 5.74) is 5.64. The molecule has 0 spiro atoms. The number of allylic oxidation sites excluding steroid dienone is 4. The van der Waals surface area contributed by atoms with Gasteiger partial charge in [0, 0.05) is 5.56 Å². The van der Waals surface area contributed by atoms with Crippen LogP contribution in [-0.4, -0.2) is 12.6 Å². The third-order valence-corrected chi connectivity index (χ3v) is 5.77. The zero-order valence-corrected chi connectivity index (χ0v) is 18.2. The van der Waals surface area contributed by atoms with Crippen molar-refractivity contribution in [2.75, 3.05) is 6.61 Å². The molecular weight excluding hydrogens is 351 g/mol. The Bertz CT molecular complexity index is 840. The molecular formula is C25H33FO2. The summed E-state index contributed by atoms with van der Waals surface area (Å²) in [6.07, 6.45) is 3.92. The van der Waals surface area contributed by atoms with E-state index in [-0.39, 0.29) is 17.2 Å². The highest BCUT2D eigenvalue weighted by atomic mass is 19.1. The number of aryl methyl sites for hydroxylation is 1. The second-order valence-electron chi connectivity index (χ2n) is 8.26. The molecule has 1 aromatic rings. The van der Waals surface area contributed by atoms with Crippen LogP contribution in [0.1, 0.15) is 82.3 Å². The lowest BCUT2D eigenvalue weighted by molar-refractivity contribution is 0.0526. The van der Waals surface area contributed by atoms with E-state index in [0.717, 1.165) is 30.4 Å². The van der Waals surface area contributed by atoms with Crippen molar-refractivity contribution in [3.8, 4) is 0 Å². The molecule has 0 radical (unpaired) electrons. The van der Waals surface area contributed by atoms with E-state index < -0.39 is 0 Å². The highest BCUT2D eigenvalue weighted by Gasteiger charge is 2.31. The molecule has 0 unspecified atom stereocenters. The fourth-order valence-electron chi connectivity index (χ4n) is 4.25. The summed E-state index contributed by atoms with van der Waals surface area (Å²) < 4.78 is 20.6. The fraction of sp³-hybridized carbons (Fsp3) is 0.480. The van der Waals surface area contributed by atoms with Gasteiger partial charge in [-0.2, -0.15) is 0 Å². The molecule has 3 heteroatoms. The molecule has 2 nitrogen and oxygen atoms in total. The lowest BCUT2D eigenvalue weighted by Gasteiger charge is -2.36. The van der Waals surface area contributed by atoms with Crippen LogP contribution >= 0.6 is 0 Å². The molecule has 1 aliphatic carbocycles. The average molecular weight is 385 g/mol. The van der Waals surface area contributed by atoms with E-state index in [1.54, 1.807) is 32.0 Å². The summed E-state index contributed by atoms with van der Waals surface area (Å²) in [5.74, 6) is -0.641. The second kappa shape index (κ2) is 8.89. The number of carbonyl (C=O) groups is 1. The summed E-state index contributed by atoms with van der Waals surface area (Å²) in [6, 6.07) is 5.06. The summed E-state index contributed by atoms with van der Waals surface area (Å²) in [6.45, 7) is 16.7. The first-order chi connectivity index (χ1) is 13.1. The van der Waals surface area contributed by atoms with Crippen LogP contribution in [0.3, 0.4) is 0 Å². The van der Waals surface area contributed by atoms with Gasteiger partial charge in [0.1, 0.15) is 5.83 Å². The van der Waals surface area contributed by atoms with Crippen LogP contribution in [-0.2, 0) is 11.2 Å². The van der Waals surface area contributed by atoms with Gasteiger partial charge in [0.15, 0.2) is 0 Å². The fourth-order valence-corrected chi connectivity index (χ4v) is 4.25. The summed E-state index contributed by atoms with van der Waals surface area (Å²) in [7, 11) is 0. The molecule has 0 aliphatic heterocycles. The van der Waals surface area contributed by atoms with Crippen molar-refractivity contribution in [2.45, 2.75) is 67.2 Å². The number of rotatable bonds is 6. The van der Waals surface area contributed by atoms with Gasteiger partial charge in [-0.25, -0.2) is 9.18 Å². The Morgan fingerprint density at radius 1 is 1.29 bits per heavy atom. The first kappa shape index (κ1) is 22.1. The van der Waals surface area contributed by atoms with E-state index in [1.165, 1.54) is 11.1 Å². The van der Waals surface area contributed by atoms with Gasteiger partial charge in [0.2, 0.25) is 0 Å². The second-order valence-corrected chi connectivity index (χ2v) is 8.26. The maximum atomic E-state index is 15.5. The van der Waals surface area contributed by atoms with Gasteiger partial charge in [-0.3, -0.25) is 0 Å². The molecule has 152 valence electrons. The zero-order chi connectivity index (χ0) is 21.1. The van der Waals surface area contributed by atoms with Crippen LogP contribution in [0.25, 0.3) is 5.83 Å². The zero-order valence-electron chi connectivity index (χ0n) is 18.2. The third-order valence-electron chi connectivity index (χ3n) is 5.77. The molecule has 0 heterocycles. The van der Waals surface area contributed by atoms with E-state index in [9.17, 15) is 4.79 Å². The third kappa shape index (κ3) is 4.45. The Kier molecular flexibility index (Phi) is 7.03. The Morgan fingerprint density at radius 2 is 1.96 bits per heavy atom. The van der Waals surface area contributed by atoms with Crippen molar-refractivity contribution >= 4 is 11.8 Å². The number of hydrogen-bond acceptors (Lipinski definition) is 2. The standard InChI is InChI=1S/C25H33FO2/c1-8-19-15-20(24(27)28-9-2)12-13-21(19)23(26)18(5)17(4)22-16(3)11-10-14-25(22,6)7/h12-13,15H,4,8-11,14H2,1-3,5-7H3. The molecule has 0 aromatic heterocycles. The van der Waals surface area contributed by atoms with Crippen LogP contribution < -0.4 is 0 Å². The smallest absolute Gasteiger partial charge is 0.338 e. The number of halogens is 1. The number of ether oxygens (including phenoxy) is 1. The molecule has 2 rings (SSSR count). The van der Waals surface area contributed by atoms with Crippen molar-refractivity contribution in [1.82, 2.24) is 0 Å². The maximum Gasteiger partial charge on any atom is 0.338 e. The number of benzene rings is 1. The number of carbonyl (C=O) groups excluding carboxylic acids is 1. The molecule has 1 aromatic carbocycles. The van der Waals surface area contributed by atoms with Gasteiger partial charge in [-0.1, -0.05) is 39.0 Å². The van der Waals surface area contributed by atoms with Crippen LogP contribution in [0.15, 0.2) is 47.1 Å². The highest BCUT2D eigenvalue weighted by Crippen LogP contribution is 2.46. The van der Waals surface area contributed by atoms with Crippen molar-refractivity contribution in [2.24, 2.45) is 5.41 Å². The first-order valence-corrected chi connectivity index (χ1v) is 10.2. The number of esters is 1. The summed E-state index contributed by atoms with van der Waals surface area (Å²) >= 11 is 0. The monoisotopic (exact) mass is 384 g/mol. The van der Waals surface area contributed by atoms with Crippen LogP contribution in [0.5, 0.6) is 0 Å². The predicted molar refractivity (Wildman–Crippen MR) is 115 cm³/mol. The number of hydrogen-bond donors (Lipinski definition) is 0. The van der Waals surface area contributed by atoms with Crippen molar-refractivity contribution in [3.05, 3.63) is 63.8 Å².